The lowest BCUT2D eigenvalue weighted by Crippen LogP contribution is -2.44. The van der Waals surface area contributed by atoms with Crippen molar-refractivity contribution in [2.45, 2.75) is 62.6 Å². The van der Waals surface area contributed by atoms with Crippen LogP contribution in [-0.4, -0.2) is 72.4 Å². The number of aromatic amines is 1. The Balaban J connectivity index is 1.43. The summed E-state index contributed by atoms with van der Waals surface area (Å²) in [6.07, 6.45) is 0.688. The number of fused-ring (bicyclic) bond motifs is 3. The van der Waals surface area contributed by atoms with Gasteiger partial charge in [-0.1, -0.05) is 19.1 Å². The number of hydrogen-bond donors (Lipinski definition) is 2. The molecule has 0 bridgehead atoms. The number of carbonyl (C=O) groups is 2. The zero-order valence-electron chi connectivity index (χ0n) is 23.2. The first-order valence-electron chi connectivity index (χ1n) is 13.9. The van der Waals surface area contributed by atoms with E-state index in [1.54, 1.807) is 55.4 Å². The van der Waals surface area contributed by atoms with Gasteiger partial charge < -0.3 is 23.8 Å². The van der Waals surface area contributed by atoms with Crippen LogP contribution in [0.1, 0.15) is 31.7 Å². The standard InChI is InChI=1S/C29H35FN4O5Si/c1-17-26(40(3,4)30)24(15-25(36)33-13-7-8-19(33)16-35)39-29(17)21-14-18(11-12-23(21)32(2)28(29)38)34-27(37)20-9-5-6-10-22(20)31-34/h5-6,9-12,14,17,19,24,26,31,35H,7-8,13,15-16H2,1-4H3/t17-,19-,24+,26-,29+/m0/s1. The number of aliphatic hydroxyl groups is 1. The average molecular weight is 567 g/mol. The van der Waals surface area contributed by atoms with Crippen LogP contribution < -0.4 is 10.5 Å². The summed E-state index contributed by atoms with van der Waals surface area (Å²) >= 11 is 0. The van der Waals surface area contributed by atoms with E-state index in [1.165, 1.54) is 9.58 Å². The molecule has 9 nitrogen and oxygen atoms in total. The van der Waals surface area contributed by atoms with E-state index >= 15 is 4.11 Å². The molecule has 6 rings (SSSR count). The number of aliphatic hydroxyl groups excluding tert-OH is 1. The van der Waals surface area contributed by atoms with Crippen molar-refractivity contribution in [3.05, 3.63) is 58.4 Å². The summed E-state index contributed by atoms with van der Waals surface area (Å²) < 4.78 is 24.1. The number of benzene rings is 2. The van der Waals surface area contributed by atoms with E-state index in [0.717, 1.165) is 12.8 Å². The van der Waals surface area contributed by atoms with E-state index in [9.17, 15) is 19.5 Å². The van der Waals surface area contributed by atoms with Crippen LogP contribution in [0, 0.1) is 5.92 Å². The summed E-state index contributed by atoms with van der Waals surface area (Å²) in [5, 5.41) is 13.4. The number of ether oxygens (including phenoxy) is 1. The molecular weight excluding hydrogens is 531 g/mol. The predicted octanol–water partition coefficient (Wildman–Crippen LogP) is 3.44. The van der Waals surface area contributed by atoms with Crippen LogP contribution >= 0.6 is 0 Å². The van der Waals surface area contributed by atoms with Crippen molar-refractivity contribution < 1.29 is 23.5 Å². The summed E-state index contributed by atoms with van der Waals surface area (Å²) in [6.45, 7) is 5.48. The molecule has 3 aromatic rings. The minimum absolute atomic E-state index is 0.0545. The largest absolute Gasteiger partial charge is 0.394 e. The predicted molar refractivity (Wildman–Crippen MR) is 152 cm³/mol. The maximum Gasteiger partial charge on any atom is 0.279 e. The van der Waals surface area contributed by atoms with Crippen LogP contribution in [0.15, 0.2) is 47.3 Å². The molecular formula is C29H35FN4O5Si. The Hall–Kier alpha value is -3.28. The number of H-pyrrole nitrogens is 1. The second-order valence-corrected chi connectivity index (χ2v) is 15.7. The van der Waals surface area contributed by atoms with Gasteiger partial charge >= 0.3 is 0 Å². The Labute approximate surface area is 232 Å². The van der Waals surface area contributed by atoms with Gasteiger partial charge in [-0.05, 0) is 56.3 Å². The number of para-hydroxylation sites is 1. The number of hydrogen-bond acceptors (Lipinski definition) is 5. The molecule has 4 heterocycles. The summed E-state index contributed by atoms with van der Waals surface area (Å²) in [6, 6.07) is 12.3. The molecule has 2 fully saturated rings. The van der Waals surface area contributed by atoms with Gasteiger partial charge in [0.25, 0.3) is 11.5 Å². The van der Waals surface area contributed by atoms with Crippen LogP contribution in [-0.2, 0) is 19.9 Å². The molecule has 0 saturated carbocycles. The van der Waals surface area contributed by atoms with E-state index in [1.807, 2.05) is 19.1 Å². The Morgan fingerprint density at radius 2 is 1.98 bits per heavy atom. The number of nitrogens with one attached hydrogen (secondary N) is 1. The van der Waals surface area contributed by atoms with Gasteiger partial charge in [-0.2, -0.15) is 0 Å². The van der Waals surface area contributed by atoms with Crippen LogP contribution in [0.4, 0.5) is 9.80 Å². The van der Waals surface area contributed by atoms with Gasteiger partial charge in [0.2, 0.25) is 14.3 Å². The van der Waals surface area contributed by atoms with Gasteiger partial charge in [0.1, 0.15) is 0 Å². The zero-order chi connectivity index (χ0) is 28.6. The first-order valence-corrected chi connectivity index (χ1v) is 16.8. The number of likely N-dealkylation sites (tertiary alicyclic amines) is 1. The van der Waals surface area contributed by atoms with Crippen molar-refractivity contribution in [3.63, 3.8) is 0 Å². The number of halogens is 1. The van der Waals surface area contributed by atoms with Crippen LogP contribution in [0.5, 0.6) is 0 Å². The lowest BCUT2D eigenvalue weighted by Gasteiger charge is -2.31. The number of anilines is 1. The number of carbonyl (C=O) groups excluding carboxylic acids is 2. The highest BCUT2D eigenvalue weighted by atomic mass is 28.4. The first-order chi connectivity index (χ1) is 19.0. The minimum atomic E-state index is -3.43. The zero-order valence-corrected chi connectivity index (χ0v) is 24.2. The molecule has 2 amide bonds. The third-order valence-electron chi connectivity index (χ3n) is 9.21. The highest BCUT2D eigenvalue weighted by Crippen LogP contribution is 2.60. The summed E-state index contributed by atoms with van der Waals surface area (Å²) in [4.78, 5) is 43.8. The minimum Gasteiger partial charge on any atom is -0.394 e. The van der Waals surface area contributed by atoms with Gasteiger partial charge in [-0.15, -0.1) is 0 Å². The molecule has 0 radical (unpaired) electrons. The second-order valence-electron chi connectivity index (χ2n) is 11.9. The van der Waals surface area contributed by atoms with Gasteiger partial charge in [0, 0.05) is 30.6 Å². The van der Waals surface area contributed by atoms with Gasteiger partial charge in [-0.25, -0.2) is 4.68 Å². The fourth-order valence-electron chi connectivity index (χ4n) is 7.36. The normalized spacial score (nSPS) is 28.3. The maximum atomic E-state index is 16.0. The molecule has 2 aromatic carbocycles. The van der Waals surface area contributed by atoms with Gasteiger partial charge in [-0.3, -0.25) is 19.5 Å². The molecule has 11 heteroatoms. The topological polar surface area (TPSA) is 108 Å². The molecule has 1 aromatic heterocycles. The van der Waals surface area contributed by atoms with Crippen molar-refractivity contribution in [3.8, 4) is 5.69 Å². The lowest BCUT2D eigenvalue weighted by molar-refractivity contribution is -0.149. The molecule has 1 spiro atoms. The lowest BCUT2D eigenvalue weighted by atomic mass is 9.82. The molecule has 5 atom stereocenters. The van der Waals surface area contributed by atoms with E-state index in [2.05, 4.69) is 5.10 Å². The molecule has 2 N–H and O–H groups in total. The summed E-state index contributed by atoms with van der Waals surface area (Å²) in [7, 11) is -1.77. The van der Waals surface area contributed by atoms with Crippen molar-refractivity contribution in [1.82, 2.24) is 14.7 Å². The maximum absolute atomic E-state index is 16.0. The smallest absolute Gasteiger partial charge is 0.279 e. The van der Waals surface area contributed by atoms with E-state index < -0.39 is 31.6 Å². The number of amides is 2. The Bertz CT molecular complexity index is 1560. The number of rotatable bonds is 5. The Kier molecular flexibility index (Phi) is 6.32. The van der Waals surface area contributed by atoms with Crippen molar-refractivity contribution >= 4 is 36.8 Å². The number of likely N-dealkylation sites (N-methyl/N-ethyl adjacent to an activating group) is 1. The van der Waals surface area contributed by atoms with Gasteiger partial charge in [0.05, 0.1) is 47.5 Å². The first kappa shape index (κ1) is 26.9. The van der Waals surface area contributed by atoms with Crippen molar-refractivity contribution in [1.29, 1.82) is 0 Å². The average Bonchev–Trinajstić information content (AvgIpc) is 3.65. The SMILES string of the molecule is C[C@H]1[C@H]([Si](C)(C)F)[C@@H](CC(=O)N2CCC[C@H]2CO)O[C@]12C(=O)N(C)c1ccc(-n3[nH]c4ccccc4c3=O)cc12. The second kappa shape index (κ2) is 9.39. The monoisotopic (exact) mass is 566 g/mol. The number of nitrogens with zero attached hydrogens (tertiary/aromatic N) is 3. The van der Waals surface area contributed by atoms with E-state index in [-0.39, 0.29) is 36.4 Å². The van der Waals surface area contributed by atoms with Crippen LogP contribution in [0.3, 0.4) is 0 Å². The summed E-state index contributed by atoms with van der Waals surface area (Å²) in [5.74, 6) is -1.04. The van der Waals surface area contributed by atoms with Crippen molar-refractivity contribution in [2.75, 3.05) is 25.1 Å². The third-order valence-corrected chi connectivity index (χ3v) is 11.7. The quantitative estimate of drug-likeness (QED) is 0.364. The molecule has 212 valence electrons. The van der Waals surface area contributed by atoms with Gasteiger partial charge in [0.15, 0.2) is 5.60 Å². The molecule has 0 aliphatic carbocycles. The Morgan fingerprint density at radius 3 is 2.67 bits per heavy atom. The molecule has 40 heavy (non-hydrogen) atoms. The third kappa shape index (κ3) is 3.81. The fourth-order valence-corrected chi connectivity index (χ4v) is 9.86. The fraction of sp³-hybridized carbons (Fsp3) is 0.483. The van der Waals surface area contributed by atoms with Crippen molar-refractivity contribution in [2.24, 2.45) is 5.92 Å². The molecule has 0 unspecified atom stereocenters. The summed E-state index contributed by atoms with van der Waals surface area (Å²) in [5.41, 5.74) is 0.113. The molecule has 2 saturated heterocycles. The van der Waals surface area contributed by atoms with Crippen LogP contribution in [0.2, 0.25) is 18.6 Å². The molecule has 3 aliphatic rings. The van der Waals surface area contributed by atoms with E-state index in [4.69, 9.17) is 4.74 Å². The molecule has 3 aliphatic heterocycles. The highest BCUT2D eigenvalue weighted by Gasteiger charge is 2.66. The number of aromatic nitrogens is 2. The Morgan fingerprint density at radius 1 is 1.23 bits per heavy atom. The van der Waals surface area contributed by atoms with Crippen LogP contribution in [0.25, 0.3) is 16.6 Å². The highest BCUT2D eigenvalue weighted by molar-refractivity contribution is 6.72. The van der Waals surface area contributed by atoms with E-state index in [0.29, 0.717) is 34.4 Å².